The summed E-state index contributed by atoms with van der Waals surface area (Å²) in [4.78, 5) is 23.9. The summed E-state index contributed by atoms with van der Waals surface area (Å²) >= 11 is 0. The summed E-state index contributed by atoms with van der Waals surface area (Å²) in [7, 11) is 0. The number of carbonyl (C=O) groups excluding carboxylic acids is 2. The Hall–Kier alpha value is -3.56. The molecular weight excluding hydrogens is 389 g/mol. The molecule has 152 valence electrons. The maximum Gasteiger partial charge on any atom is 0.449 e. The van der Waals surface area contributed by atoms with E-state index in [1.807, 2.05) is 30.3 Å². The van der Waals surface area contributed by atoms with Gasteiger partial charge in [0.15, 0.2) is 5.76 Å². The quantitative estimate of drug-likeness (QED) is 0.525. The fourth-order valence-corrected chi connectivity index (χ4v) is 2.48. The number of hydrogen-bond acceptors (Lipinski definition) is 4. The van der Waals surface area contributed by atoms with Crippen LogP contribution >= 0.6 is 0 Å². The van der Waals surface area contributed by atoms with Gasteiger partial charge in [-0.1, -0.05) is 30.3 Å². The van der Waals surface area contributed by atoms with E-state index < -0.39 is 23.6 Å². The van der Waals surface area contributed by atoms with Crippen LogP contribution in [0.2, 0.25) is 0 Å². The molecule has 0 unspecified atom stereocenters. The number of H-pyrrole nitrogens is 1. The third-order valence-corrected chi connectivity index (χ3v) is 3.93. The molecule has 2 amide bonds. The molecule has 0 atom stereocenters. The standard InChI is InChI=1S/C19H17F3N4O3/c20-19(21,22)16-8-7-15(29-16)18(28)24-10-4-9-23-17(27)14-11-13(25-26-14)12-5-2-1-3-6-12/h1-3,5-8,11H,4,9-10H2,(H,23,27)(H,24,28)(H,25,26). The molecule has 0 aliphatic carbocycles. The second kappa shape index (κ2) is 8.63. The molecule has 7 nitrogen and oxygen atoms in total. The molecule has 0 spiro atoms. The number of alkyl halides is 3. The van der Waals surface area contributed by atoms with Gasteiger partial charge in [0.1, 0.15) is 5.69 Å². The topological polar surface area (TPSA) is 100 Å². The Kier molecular flexibility index (Phi) is 6.01. The van der Waals surface area contributed by atoms with Crippen LogP contribution in [0.4, 0.5) is 13.2 Å². The Bertz CT molecular complexity index is 980. The van der Waals surface area contributed by atoms with Crippen LogP contribution in [0.3, 0.4) is 0 Å². The average molecular weight is 406 g/mol. The van der Waals surface area contributed by atoms with Crippen molar-refractivity contribution >= 4 is 11.8 Å². The summed E-state index contributed by atoms with van der Waals surface area (Å²) < 4.78 is 41.9. The van der Waals surface area contributed by atoms with Crippen molar-refractivity contribution in [1.29, 1.82) is 0 Å². The lowest BCUT2D eigenvalue weighted by Crippen LogP contribution is -2.29. The van der Waals surface area contributed by atoms with Crippen LogP contribution in [0.1, 0.15) is 33.2 Å². The number of aromatic amines is 1. The number of carbonyl (C=O) groups is 2. The Labute approximate surface area is 163 Å². The Morgan fingerprint density at radius 3 is 2.34 bits per heavy atom. The van der Waals surface area contributed by atoms with E-state index in [0.29, 0.717) is 23.9 Å². The van der Waals surface area contributed by atoms with Crippen LogP contribution in [-0.4, -0.2) is 35.1 Å². The van der Waals surface area contributed by atoms with Crippen LogP contribution in [0.15, 0.2) is 52.9 Å². The Morgan fingerprint density at radius 2 is 1.69 bits per heavy atom. The van der Waals surface area contributed by atoms with E-state index in [-0.39, 0.29) is 19.0 Å². The highest BCUT2D eigenvalue weighted by Gasteiger charge is 2.35. The number of benzene rings is 1. The molecule has 0 fully saturated rings. The Balaban J connectivity index is 1.40. The molecule has 0 radical (unpaired) electrons. The molecular formula is C19H17F3N4O3. The lowest BCUT2D eigenvalue weighted by molar-refractivity contribution is -0.153. The van der Waals surface area contributed by atoms with Crippen molar-refractivity contribution in [2.45, 2.75) is 12.6 Å². The first-order chi connectivity index (χ1) is 13.8. The molecule has 0 saturated heterocycles. The van der Waals surface area contributed by atoms with E-state index in [1.54, 1.807) is 6.07 Å². The van der Waals surface area contributed by atoms with Gasteiger partial charge < -0.3 is 15.1 Å². The molecule has 10 heteroatoms. The Morgan fingerprint density at radius 1 is 1.00 bits per heavy atom. The van der Waals surface area contributed by atoms with Gasteiger partial charge in [-0.15, -0.1) is 0 Å². The second-order valence-corrected chi connectivity index (χ2v) is 6.06. The molecule has 3 aromatic rings. The van der Waals surface area contributed by atoms with E-state index in [4.69, 9.17) is 0 Å². The lowest BCUT2D eigenvalue weighted by Gasteiger charge is -2.05. The zero-order chi connectivity index (χ0) is 20.9. The van der Waals surface area contributed by atoms with Crippen LogP contribution in [0, 0.1) is 0 Å². The summed E-state index contributed by atoms with van der Waals surface area (Å²) in [5.41, 5.74) is 1.81. The number of nitrogens with zero attached hydrogens (tertiary/aromatic N) is 1. The highest BCUT2D eigenvalue weighted by Crippen LogP contribution is 2.30. The van der Waals surface area contributed by atoms with Gasteiger partial charge in [0, 0.05) is 18.7 Å². The summed E-state index contributed by atoms with van der Waals surface area (Å²) in [6.07, 6.45) is -4.26. The first kappa shape index (κ1) is 20.2. The molecule has 29 heavy (non-hydrogen) atoms. The van der Waals surface area contributed by atoms with Crippen molar-refractivity contribution in [2.24, 2.45) is 0 Å². The van der Waals surface area contributed by atoms with E-state index in [2.05, 4.69) is 25.2 Å². The summed E-state index contributed by atoms with van der Waals surface area (Å²) in [6, 6.07) is 12.6. The molecule has 1 aromatic carbocycles. The van der Waals surface area contributed by atoms with E-state index in [1.165, 1.54) is 0 Å². The normalized spacial score (nSPS) is 11.3. The van der Waals surface area contributed by atoms with E-state index in [9.17, 15) is 22.8 Å². The maximum absolute atomic E-state index is 12.5. The number of amides is 2. The molecule has 2 heterocycles. The molecule has 0 saturated carbocycles. The van der Waals surface area contributed by atoms with Crippen LogP contribution in [0.25, 0.3) is 11.3 Å². The number of hydrogen-bond donors (Lipinski definition) is 3. The SMILES string of the molecule is O=C(NCCCNC(=O)c1ccc(C(F)(F)F)o1)c1cc(-c2ccccc2)n[nH]1. The van der Waals surface area contributed by atoms with Gasteiger partial charge in [-0.3, -0.25) is 14.7 Å². The van der Waals surface area contributed by atoms with Crippen LogP contribution in [0.5, 0.6) is 0 Å². The molecule has 0 bridgehead atoms. The summed E-state index contributed by atoms with van der Waals surface area (Å²) in [6.45, 7) is 0.407. The van der Waals surface area contributed by atoms with Crippen molar-refractivity contribution in [3.05, 3.63) is 65.7 Å². The van der Waals surface area contributed by atoms with Crippen LogP contribution in [-0.2, 0) is 6.18 Å². The summed E-state index contributed by atoms with van der Waals surface area (Å²) in [5, 5.41) is 11.9. The minimum atomic E-state index is -4.64. The van der Waals surface area contributed by atoms with Crippen molar-refractivity contribution < 1.29 is 27.2 Å². The fraction of sp³-hybridized carbons (Fsp3) is 0.211. The van der Waals surface area contributed by atoms with Crippen molar-refractivity contribution in [1.82, 2.24) is 20.8 Å². The molecule has 0 aliphatic heterocycles. The van der Waals surface area contributed by atoms with Crippen molar-refractivity contribution in [2.75, 3.05) is 13.1 Å². The number of furan rings is 1. The smallest absolute Gasteiger partial charge is 0.446 e. The number of halogens is 3. The van der Waals surface area contributed by atoms with Crippen molar-refractivity contribution in [3.8, 4) is 11.3 Å². The zero-order valence-corrected chi connectivity index (χ0v) is 15.0. The van der Waals surface area contributed by atoms with Gasteiger partial charge in [-0.25, -0.2) is 0 Å². The third kappa shape index (κ3) is 5.24. The van der Waals surface area contributed by atoms with Gasteiger partial charge >= 0.3 is 6.18 Å². The number of nitrogens with one attached hydrogen (secondary N) is 3. The van der Waals surface area contributed by atoms with Gasteiger partial charge in [0.05, 0.1) is 5.69 Å². The van der Waals surface area contributed by atoms with Gasteiger partial charge in [0.2, 0.25) is 5.76 Å². The second-order valence-electron chi connectivity index (χ2n) is 6.06. The van der Waals surface area contributed by atoms with Gasteiger partial charge in [0.25, 0.3) is 11.8 Å². The van der Waals surface area contributed by atoms with Gasteiger partial charge in [-0.2, -0.15) is 18.3 Å². The maximum atomic E-state index is 12.5. The molecule has 2 aromatic heterocycles. The zero-order valence-electron chi connectivity index (χ0n) is 15.0. The monoisotopic (exact) mass is 406 g/mol. The summed E-state index contributed by atoms with van der Waals surface area (Å²) in [5.74, 6) is -2.77. The average Bonchev–Trinajstić information content (AvgIpc) is 3.38. The predicted molar refractivity (Wildman–Crippen MR) is 97.0 cm³/mol. The van der Waals surface area contributed by atoms with E-state index in [0.717, 1.165) is 11.6 Å². The highest BCUT2D eigenvalue weighted by molar-refractivity contribution is 5.93. The van der Waals surface area contributed by atoms with Crippen LogP contribution < -0.4 is 10.6 Å². The largest absolute Gasteiger partial charge is 0.449 e. The highest BCUT2D eigenvalue weighted by atomic mass is 19.4. The van der Waals surface area contributed by atoms with Gasteiger partial charge in [-0.05, 0) is 24.6 Å². The first-order valence-corrected chi connectivity index (χ1v) is 8.69. The predicted octanol–water partition coefficient (Wildman–Crippen LogP) is 3.24. The minimum absolute atomic E-state index is 0.152. The first-order valence-electron chi connectivity index (χ1n) is 8.69. The third-order valence-electron chi connectivity index (χ3n) is 3.93. The lowest BCUT2D eigenvalue weighted by atomic mass is 10.1. The number of aromatic nitrogens is 2. The molecule has 0 aliphatic rings. The fourth-order valence-electron chi connectivity index (χ4n) is 2.48. The molecule has 3 N–H and O–H groups in total. The molecule has 3 rings (SSSR count). The van der Waals surface area contributed by atoms with Crippen molar-refractivity contribution in [3.63, 3.8) is 0 Å². The minimum Gasteiger partial charge on any atom is -0.446 e. The van der Waals surface area contributed by atoms with E-state index >= 15 is 0 Å². The number of rotatable bonds is 7.